The molecule has 4 nitrogen and oxygen atoms in total. The molecule has 0 aromatic heterocycles. The van der Waals surface area contributed by atoms with Crippen LogP contribution in [0.3, 0.4) is 0 Å². The van der Waals surface area contributed by atoms with Gasteiger partial charge in [0.2, 0.25) is 5.91 Å². The third-order valence-electron chi connectivity index (χ3n) is 2.41. The van der Waals surface area contributed by atoms with Crippen LogP contribution in [0.5, 0.6) is 0 Å². The van der Waals surface area contributed by atoms with Gasteiger partial charge in [0.25, 0.3) is 0 Å². The van der Waals surface area contributed by atoms with Gasteiger partial charge in [-0.15, -0.1) is 0 Å². The van der Waals surface area contributed by atoms with E-state index in [9.17, 15) is 18.4 Å². The van der Waals surface area contributed by atoms with Crippen molar-refractivity contribution in [1.29, 1.82) is 0 Å². The van der Waals surface area contributed by atoms with Gasteiger partial charge in [0.1, 0.15) is 11.5 Å². The number of rotatable bonds is 5. The van der Waals surface area contributed by atoms with Crippen molar-refractivity contribution in [3.8, 4) is 0 Å². The molecule has 1 aromatic carbocycles. The van der Waals surface area contributed by atoms with Gasteiger partial charge in [-0.1, -0.05) is 6.07 Å². The molecule has 1 aromatic rings. The van der Waals surface area contributed by atoms with Gasteiger partial charge in [0, 0.05) is 6.42 Å². The van der Waals surface area contributed by atoms with Crippen molar-refractivity contribution in [2.45, 2.75) is 26.7 Å². The van der Waals surface area contributed by atoms with Crippen molar-refractivity contribution in [2.75, 3.05) is 11.9 Å². The van der Waals surface area contributed by atoms with Crippen LogP contribution in [-0.4, -0.2) is 18.5 Å². The van der Waals surface area contributed by atoms with Crippen LogP contribution in [-0.2, 0) is 14.3 Å². The SMILES string of the molecule is CCOC(=O)CCC(=O)Nc1c(F)ccc(C)c1F. The summed E-state index contributed by atoms with van der Waals surface area (Å²) < 4.78 is 31.6. The Balaban J connectivity index is 2.63. The van der Waals surface area contributed by atoms with E-state index < -0.39 is 29.2 Å². The minimum Gasteiger partial charge on any atom is -0.466 e. The maximum absolute atomic E-state index is 13.6. The lowest BCUT2D eigenvalue weighted by molar-refractivity contribution is -0.144. The number of ether oxygens (including phenoxy) is 1. The molecule has 0 aliphatic rings. The van der Waals surface area contributed by atoms with E-state index in [4.69, 9.17) is 0 Å². The highest BCUT2D eigenvalue weighted by Gasteiger charge is 2.15. The second-order valence-corrected chi connectivity index (χ2v) is 3.91. The number of hydrogen-bond acceptors (Lipinski definition) is 3. The lowest BCUT2D eigenvalue weighted by Gasteiger charge is -2.09. The maximum Gasteiger partial charge on any atom is 0.306 e. The fourth-order valence-electron chi connectivity index (χ4n) is 1.42. The molecule has 0 aliphatic carbocycles. The van der Waals surface area contributed by atoms with Crippen LogP contribution in [0, 0.1) is 18.6 Å². The zero-order chi connectivity index (χ0) is 14.4. The van der Waals surface area contributed by atoms with Crippen LogP contribution in [0.2, 0.25) is 0 Å². The quantitative estimate of drug-likeness (QED) is 0.837. The number of carbonyl (C=O) groups is 2. The van der Waals surface area contributed by atoms with E-state index in [0.717, 1.165) is 6.07 Å². The molecule has 1 amide bonds. The Kier molecular flexibility index (Phi) is 5.41. The molecular weight excluding hydrogens is 256 g/mol. The van der Waals surface area contributed by atoms with E-state index in [1.807, 2.05) is 0 Å². The number of carbonyl (C=O) groups excluding carboxylic acids is 2. The molecule has 0 aliphatic heterocycles. The van der Waals surface area contributed by atoms with E-state index in [1.165, 1.54) is 13.0 Å². The molecule has 0 unspecified atom stereocenters. The minimum atomic E-state index is -0.854. The van der Waals surface area contributed by atoms with Crippen molar-refractivity contribution in [3.05, 3.63) is 29.3 Å². The van der Waals surface area contributed by atoms with Crippen molar-refractivity contribution >= 4 is 17.6 Å². The second kappa shape index (κ2) is 6.82. The first-order chi connectivity index (χ1) is 8.95. The minimum absolute atomic E-state index is 0.130. The van der Waals surface area contributed by atoms with E-state index in [-0.39, 0.29) is 25.0 Å². The predicted octanol–water partition coefficient (Wildman–Crippen LogP) is 2.56. The molecule has 0 heterocycles. The number of esters is 1. The molecule has 104 valence electrons. The van der Waals surface area contributed by atoms with Gasteiger partial charge in [-0.05, 0) is 25.5 Å². The number of hydrogen-bond donors (Lipinski definition) is 1. The monoisotopic (exact) mass is 271 g/mol. The molecule has 0 fully saturated rings. The van der Waals surface area contributed by atoms with Crippen LogP contribution in [0.1, 0.15) is 25.3 Å². The average Bonchev–Trinajstić information content (AvgIpc) is 2.37. The Bertz CT molecular complexity index is 489. The Morgan fingerprint density at radius 3 is 2.58 bits per heavy atom. The van der Waals surface area contributed by atoms with Crippen molar-refractivity contribution in [3.63, 3.8) is 0 Å². The molecule has 0 saturated carbocycles. The van der Waals surface area contributed by atoms with Crippen LogP contribution in [0.4, 0.5) is 14.5 Å². The van der Waals surface area contributed by atoms with Gasteiger partial charge in [-0.25, -0.2) is 8.78 Å². The summed E-state index contributed by atoms with van der Waals surface area (Å²) >= 11 is 0. The Morgan fingerprint density at radius 1 is 1.26 bits per heavy atom. The summed E-state index contributed by atoms with van der Waals surface area (Å²) in [6.07, 6.45) is -0.319. The number of aryl methyl sites for hydroxylation is 1. The van der Waals surface area contributed by atoms with Crippen molar-refractivity contribution < 1.29 is 23.1 Å². The van der Waals surface area contributed by atoms with E-state index in [1.54, 1.807) is 6.92 Å². The smallest absolute Gasteiger partial charge is 0.306 e. The number of amides is 1. The molecular formula is C13H15F2NO3. The first-order valence-corrected chi connectivity index (χ1v) is 5.85. The molecule has 19 heavy (non-hydrogen) atoms. The average molecular weight is 271 g/mol. The van der Waals surface area contributed by atoms with Crippen LogP contribution in [0.15, 0.2) is 12.1 Å². The van der Waals surface area contributed by atoms with Gasteiger partial charge < -0.3 is 10.1 Å². The summed E-state index contributed by atoms with van der Waals surface area (Å²) in [5.74, 6) is -2.84. The van der Waals surface area contributed by atoms with E-state index >= 15 is 0 Å². The highest BCUT2D eigenvalue weighted by Crippen LogP contribution is 2.21. The van der Waals surface area contributed by atoms with Crippen molar-refractivity contribution in [2.24, 2.45) is 0 Å². The van der Waals surface area contributed by atoms with E-state index in [2.05, 4.69) is 10.1 Å². The van der Waals surface area contributed by atoms with Crippen LogP contribution < -0.4 is 5.32 Å². The first-order valence-electron chi connectivity index (χ1n) is 5.85. The highest BCUT2D eigenvalue weighted by molar-refractivity contribution is 5.92. The third-order valence-corrected chi connectivity index (χ3v) is 2.41. The summed E-state index contributed by atoms with van der Waals surface area (Å²) in [7, 11) is 0. The van der Waals surface area contributed by atoms with Gasteiger partial charge >= 0.3 is 5.97 Å². The maximum atomic E-state index is 13.6. The van der Waals surface area contributed by atoms with Gasteiger partial charge in [-0.3, -0.25) is 9.59 Å². The number of halogens is 2. The summed E-state index contributed by atoms with van der Waals surface area (Å²) in [6.45, 7) is 3.33. The first kappa shape index (κ1) is 15.1. The molecule has 6 heteroatoms. The predicted molar refractivity (Wildman–Crippen MR) is 65.6 cm³/mol. The molecule has 1 rings (SSSR count). The highest BCUT2D eigenvalue weighted by atomic mass is 19.1. The Morgan fingerprint density at radius 2 is 1.95 bits per heavy atom. The zero-order valence-corrected chi connectivity index (χ0v) is 10.8. The van der Waals surface area contributed by atoms with Gasteiger partial charge in [-0.2, -0.15) is 0 Å². The molecule has 0 bridgehead atoms. The molecule has 0 saturated heterocycles. The summed E-state index contributed by atoms with van der Waals surface area (Å²) in [5.41, 5.74) is -0.268. The lowest BCUT2D eigenvalue weighted by Crippen LogP contribution is -2.16. The molecule has 1 N–H and O–H groups in total. The largest absolute Gasteiger partial charge is 0.466 e. The Hall–Kier alpha value is -1.98. The zero-order valence-electron chi connectivity index (χ0n) is 10.8. The fraction of sp³-hybridized carbons (Fsp3) is 0.385. The topological polar surface area (TPSA) is 55.4 Å². The third kappa shape index (κ3) is 4.31. The molecule has 0 radical (unpaired) electrons. The van der Waals surface area contributed by atoms with Gasteiger partial charge in [0.15, 0.2) is 5.82 Å². The molecule has 0 spiro atoms. The standard InChI is InChI=1S/C13H15F2NO3/c1-3-19-11(18)7-6-10(17)16-13-9(14)5-4-8(2)12(13)15/h4-5H,3,6-7H2,1-2H3,(H,16,17). The second-order valence-electron chi connectivity index (χ2n) is 3.91. The van der Waals surface area contributed by atoms with E-state index in [0.29, 0.717) is 0 Å². The summed E-state index contributed by atoms with van der Waals surface area (Å²) in [5, 5.41) is 2.12. The number of anilines is 1. The van der Waals surface area contributed by atoms with Crippen LogP contribution >= 0.6 is 0 Å². The summed E-state index contributed by atoms with van der Waals surface area (Å²) in [6, 6.07) is 2.35. The van der Waals surface area contributed by atoms with Gasteiger partial charge in [0.05, 0.1) is 13.0 Å². The normalized spacial score (nSPS) is 10.1. The fourth-order valence-corrected chi connectivity index (χ4v) is 1.42. The van der Waals surface area contributed by atoms with Crippen molar-refractivity contribution in [1.82, 2.24) is 0 Å². The van der Waals surface area contributed by atoms with Crippen LogP contribution in [0.25, 0.3) is 0 Å². The summed E-state index contributed by atoms with van der Waals surface area (Å²) in [4.78, 5) is 22.5. The number of benzene rings is 1. The molecule has 0 atom stereocenters. The number of nitrogens with one attached hydrogen (secondary N) is 1. The Labute approximate surface area is 109 Å². The lowest BCUT2D eigenvalue weighted by atomic mass is 10.2.